The Hall–Kier alpha value is -2.82. The smallest absolute Gasteiger partial charge is 0.251 e. The van der Waals surface area contributed by atoms with Crippen molar-refractivity contribution in [3.63, 3.8) is 0 Å². The third-order valence-corrected chi connectivity index (χ3v) is 3.09. The Balaban J connectivity index is 1.89. The summed E-state index contributed by atoms with van der Waals surface area (Å²) in [4.78, 5) is 12.0. The van der Waals surface area contributed by atoms with Crippen LogP contribution in [0.15, 0.2) is 59.8 Å². The summed E-state index contributed by atoms with van der Waals surface area (Å²) in [5.41, 5.74) is 7.75. The van der Waals surface area contributed by atoms with Gasteiger partial charge in [-0.15, -0.1) is 0 Å². The molecule has 0 unspecified atom stereocenters. The first-order chi connectivity index (χ1) is 10.2. The lowest BCUT2D eigenvalue weighted by molar-refractivity contribution is 0.0954. The van der Waals surface area contributed by atoms with Gasteiger partial charge in [-0.2, -0.15) is 0 Å². The van der Waals surface area contributed by atoms with Gasteiger partial charge < -0.3 is 16.3 Å². The number of nitrogens with two attached hydrogens (primary N) is 1. The summed E-state index contributed by atoms with van der Waals surface area (Å²) in [7, 11) is 0. The van der Waals surface area contributed by atoms with E-state index in [1.54, 1.807) is 24.3 Å². The minimum absolute atomic E-state index is 0.0195. The van der Waals surface area contributed by atoms with Crippen LogP contribution in [0.1, 0.15) is 21.5 Å². The lowest BCUT2D eigenvalue weighted by atomic mass is 10.1. The summed E-state index contributed by atoms with van der Waals surface area (Å²) < 4.78 is 0. The molecule has 2 aromatic carbocycles. The fraction of sp³-hybridized carbons (Fsp3) is 0.125. The van der Waals surface area contributed by atoms with Gasteiger partial charge in [0.1, 0.15) is 0 Å². The number of nitrogens with one attached hydrogen (secondary N) is 1. The summed E-state index contributed by atoms with van der Waals surface area (Å²) in [6.45, 7) is 0.574. The number of benzene rings is 2. The number of amidine groups is 1. The van der Waals surface area contributed by atoms with Crippen LogP contribution in [0, 0.1) is 0 Å². The van der Waals surface area contributed by atoms with Gasteiger partial charge in [0.15, 0.2) is 5.84 Å². The van der Waals surface area contributed by atoms with Crippen molar-refractivity contribution in [2.24, 2.45) is 10.9 Å². The quantitative estimate of drug-likeness (QED) is 0.338. The van der Waals surface area contributed by atoms with E-state index in [9.17, 15) is 4.79 Å². The largest absolute Gasteiger partial charge is 0.409 e. The second kappa shape index (κ2) is 7.09. The summed E-state index contributed by atoms with van der Waals surface area (Å²) in [6.07, 6.45) is 0.786. The van der Waals surface area contributed by atoms with Crippen LogP contribution in [0.3, 0.4) is 0 Å². The van der Waals surface area contributed by atoms with Crippen LogP contribution in [0.4, 0.5) is 0 Å². The van der Waals surface area contributed by atoms with Gasteiger partial charge in [-0.05, 0) is 24.1 Å². The second-order valence-electron chi connectivity index (χ2n) is 4.55. The molecular formula is C16H17N3O2. The Kier molecular flexibility index (Phi) is 4.93. The standard InChI is InChI=1S/C16H17N3O2/c17-15(19-21)13-6-8-14(9-7-13)16(20)18-11-10-12-4-2-1-3-5-12/h1-9,21H,10-11H2,(H2,17,19)(H,18,20). The maximum Gasteiger partial charge on any atom is 0.251 e. The zero-order valence-electron chi connectivity index (χ0n) is 11.5. The van der Waals surface area contributed by atoms with Gasteiger partial charge in [-0.3, -0.25) is 4.79 Å². The van der Waals surface area contributed by atoms with E-state index in [0.717, 1.165) is 6.42 Å². The van der Waals surface area contributed by atoms with Gasteiger partial charge in [-0.1, -0.05) is 47.6 Å². The number of nitrogens with zero attached hydrogens (tertiary/aromatic N) is 1. The molecule has 2 rings (SSSR count). The molecular weight excluding hydrogens is 266 g/mol. The Morgan fingerprint density at radius 1 is 1.05 bits per heavy atom. The van der Waals surface area contributed by atoms with Crippen molar-refractivity contribution >= 4 is 11.7 Å². The van der Waals surface area contributed by atoms with Gasteiger partial charge in [0.2, 0.25) is 0 Å². The first kappa shape index (κ1) is 14.6. The second-order valence-corrected chi connectivity index (χ2v) is 4.55. The fourth-order valence-electron chi connectivity index (χ4n) is 1.92. The Morgan fingerprint density at radius 3 is 2.29 bits per heavy atom. The lowest BCUT2D eigenvalue weighted by Gasteiger charge is -2.06. The first-order valence-electron chi connectivity index (χ1n) is 6.61. The molecule has 0 radical (unpaired) electrons. The summed E-state index contributed by atoms with van der Waals surface area (Å²) in [6, 6.07) is 16.5. The Morgan fingerprint density at radius 2 is 1.67 bits per heavy atom. The van der Waals surface area contributed by atoms with Crippen molar-refractivity contribution in [2.75, 3.05) is 6.54 Å². The molecule has 0 aromatic heterocycles. The highest BCUT2D eigenvalue weighted by Gasteiger charge is 2.06. The van der Waals surface area contributed by atoms with Crippen LogP contribution in [-0.4, -0.2) is 23.5 Å². The molecule has 2 aromatic rings. The molecule has 0 aliphatic heterocycles. The molecule has 0 aliphatic rings. The highest BCUT2D eigenvalue weighted by molar-refractivity contribution is 5.99. The molecule has 0 aliphatic carbocycles. The highest BCUT2D eigenvalue weighted by atomic mass is 16.4. The number of hydrogen-bond donors (Lipinski definition) is 3. The molecule has 108 valence electrons. The molecule has 5 heteroatoms. The highest BCUT2D eigenvalue weighted by Crippen LogP contribution is 2.04. The molecule has 5 nitrogen and oxygen atoms in total. The van der Waals surface area contributed by atoms with Crippen LogP contribution >= 0.6 is 0 Å². The lowest BCUT2D eigenvalue weighted by Crippen LogP contribution is -2.25. The van der Waals surface area contributed by atoms with Crippen molar-refractivity contribution < 1.29 is 10.0 Å². The maximum absolute atomic E-state index is 12.0. The SMILES string of the molecule is N/C(=N\O)c1ccc(C(=O)NCCc2ccccc2)cc1. The van der Waals surface area contributed by atoms with Crippen molar-refractivity contribution in [1.82, 2.24) is 5.32 Å². The van der Waals surface area contributed by atoms with E-state index in [1.165, 1.54) is 5.56 Å². The number of oxime groups is 1. The third-order valence-electron chi connectivity index (χ3n) is 3.09. The molecule has 21 heavy (non-hydrogen) atoms. The van der Waals surface area contributed by atoms with E-state index >= 15 is 0 Å². The van der Waals surface area contributed by atoms with E-state index in [1.807, 2.05) is 30.3 Å². The fourth-order valence-corrected chi connectivity index (χ4v) is 1.92. The third kappa shape index (κ3) is 4.07. The van der Waals surface area contributed by atoms with Gasteiger partial charge in [0.25, 0.3) is 5.91 Å². The molecule has 0 bridgehead atoms. The minimum atomic E-state index is -0.142. The molecule has 0 spiro atoms. The van der Waals surface area contributed by atoms with Crippen molar-refractivity contribution in [3.05, 3.63) is 71.3 Å². The number of amides is 1. The van der Waals surface area contributed by atoms with Crippen LogP contribution in [-0.2, 0) is 6.42 Å². The number of carbonyl (C=O) groups is 1. The maximum atomic E-state index is 12.0. The van der Waals surface area contributed by atoms with E-state index in [2.05, 4.69) is 10.5 Å². The van der Waals surface area contributed by atoms with Gasteiger partial charge in [0.05, 0.1) is 0 Å². The van der Waals surface area contributed by atoms with Crippen molar-refractivity contribution in [2.45, 2.75) is 6.42 Å². The average Bonchev–Trinajstić information content (AvgIpc) is 2.55. The van der Waals surface area contributed by atoms with E-state index in [4.69, 9.17) is 10.9 Å². The normalized spacial score (nSPS) is 11.1. The van der Waals surface area contributed by atoms with E-state index in [0.29, 0.717) is 17.7 Å². The number of carbonyl (C=O) groups excluding carboxylic acids is 1. The Bertz CT molecular complexity index is 622. The predicted molar refractivity (Wildman–Crippen MR) is 81.4 cm³/mol. The summed E-state index contributed by atoms with van der Waals surface area (Å²) >= 11 is 0. The van der Waals surface area contributed by atoms with Crippen molar-refractivity contribution in [3.8, 4) is 0 Å². The first-order valence-corrected chi connectivity index (χ1v) is 6.61. The monoisotopic (exact) mass is 283 g/mol. The molecule has 0 atom stereocenters. The van der Waals surface area contributed by atoms with Crippen LogP contribution < -0.4 is 11.1 Å². The van der Waals surface area contributed by atoms with E-state index < -0.39 is 0 Å². The molecule has 0 heterocycles. The molecule has 0 saturated heterocycles. The predicted octanol–water partition coefficient (Wildman–Crippen LogP) is 1.75. The molecule has 4 N–H and O–H groups in total. The summed E-state index contributed by atoms with van der Waals surface area (Å²) in [5, 5.41) is 14.3. The Labute approximate surface area is 123 Å². The van der Waals surface area contributed by atoms with Gasteiger partial charge in [-0.25, -0.2) is 0 Å². The zero-order chi connectivity index (χ0) is 15.1. The topological polar surface area (TPSA) is 87.7 Å². The van der Waals surface area contributed by atoms with Crippen molar-refractivity contribution in [1.29, 1.82) is 0 Å². The van der Waals surface area contributed by atoms with Crippen LogP contribution in [0.5, 0.6) is 0 Å². The minimum Gasteiger partial charge on any atom is -0.409 e. The molecule has 1 amide bonds. The van der Waals surface area contributed by atoms with Crippen LogP contribution in [0.2, 0.25) is 0 Å². The zero-order valence-corrected chi connectivity index (χ0v) is 11.5. The molecule has 0 fully saturated rings. The van der Waals surface area contributed by atoms with Gasteiger partial charge in [0, 0.05) is 17.7 Å². The molecule has 0 saturated carbocycles. The average molecular weight is 283 g/mol. The number of hydrogen-bond acceptors (Lipinski definition) is 3. The van der Waals surface area contributed by atoms with Gasteiger partial charge >= 0.3 is 0 Å². The van der Waals surface area contributed by atoms with Crippen LogP contribution in [0.25, 0.3) is 0 Å². The van der Waals surface area contributed by atoms with E-state index in [-0.39, 0.29) is 11.7 Å². The number of rotatable bonds is 5. The summed E-state index contributed by atoms with van der Waals surface area (Å²) in [5.74, 6) is -0.122.